The molecule has 3 aromatic rings. The molecular formula is C66H97F3N6O15. The van der Waals surface area contributed by atoms with Crippen molar-refractivity contribution in [1.29, 1.82) is 0 Å². The molecule has 1 heterocycles. The van der Waals surface area contributed by atoms with Gasteiger partial charge in [-0.15, -0.1) is 0 Å². The molecule has 90 heavy (non-hydrogen) atoms. The van der Waals surface area contributed by atoms with Crippen molar-refractivity contribution in [3.8, 4) is 0 Å². The van der Waals surface area contributed by atoms with Crippen LogP contribution in [0.2, 0.25) is 0 Å². The summed E-state index contributed by atoms with van der Waals surface area (Å²) in [5.74, 6) is -1.17. The summed E-state index contributed by atoms with van der Waals surface area (Å²) < 4.78 is 101. The van der Waals surface area contributed by atoms with E-state index in [4.69, 9.17) is 52.1 Å². The number of halogens is 3. The number of carbonyl (C=O) groups is 4. The lowest BCUT2D eigenvalue weighted by Crippen LogP contribution is -2.46. The molecule has 21 nitrogen and oxygen atoms in total. The number of aliphatic imine (C=N–C) groups is 1. The van der Waals surface area contributed by atoms with Gasteiger partial charge in [0.25, 0.3) is 11.8 Å². The van der Waals surface area contributed by atoms with Gasteiger partial charge in [-0.25, -0.2) is 0 Å². The largest absolute Gasteiger partial charge is 0.416 e. The van der Waals surface area contributed by atoms with Crippen LogP contribution < -0.4 is 15.5 Å². The van der Waals surface area contributed by atoms with Gasteiger partial charge in [-0.2, -0.15) is 13.2 Å². The number of carbonyl (C=O) groups excluding carboxylic acids is 4. The number of nitrogens with one attached hydrogen (secondary N) is 2. The number of rotatable bonds is 49. The van der Waals surface area contributed by atoms with Crippen LogP contribution in [-0.4, -0.2) is 226 Å². The quantitative estimate of drug-likeness (QED) is 0.0237. The van der Waals surface area contributed by atoms with Gasteiger partial charge in [0, 0.05) is 82.4 Å². The Morgan fingerprint density at radius 1 is 0.689 bits per heavy atom. The first-order chi connectivity index (χ1) is 43.7. The number of methoxy groups -OCH3 is 1. The average Bonchev–Trinajstić information content (AvgIpc) is 1.02. The van der Waals surface area contributed by atoms with Crippen LogP contribution in [0, 0.1) is 5.92 Å². The highest BCUT2D eigenvalue weighted by atomic mass is 19.4. The minimum atomic E-state index is -4.52. The molecule has 4 amide bonds. The van der Waals surface area contributed by atoms with Crippen LogP contribution in [-0.2, 0) is 85.6 Å². The highest BCUT2D eigenvalue weighted by molar-refractivity contribution is 6.06. The highest BCUT2D eigenvalue weighted by Crippen LogP contribution is 2.32. The fraction of sp³-hybridized carbons (Fsp3) is 0.591. The molecule has 24 heteroatoms. The van der Waals surface area contributed by atoms with E-state index < -0.39 is 17.6 Å². The lowest BCUT2D eigenvalue weighted by Gasteiger charge is -2.34. The monoisotopic (exact) mass is 1270 g/mol. The van der Waals surface area contributed by atoms with E-state index in [1.807, 2.05) is 44.2 Å². The molecule has 0 bridgehead atoms. The highest BCUT2D eigenvalue weighted by Gasteiger charge is 2.31. The second-order valence-electron chi connectivity index (χ2n) is 20.8. The lowest BCUT2D eigenvalue weighted by molar-refractivity contribution is -0.141. The van der Waals surface area contributed by atoms with E-state index in [9.17, 15) is 32.3 Å². The Kier molecular flexibility index (Phi) is 39.0. The first kappa shape index (κ1) is 76.3. The number of likely N-dealkylation sites (N-methyl/N-ethyl adjacent to an activating group) is 1. The number of benzene rings is 3. The molecule has 4 rings (SSSR count). The summed E-state index contributed by atoms with van der Waals surface area (Å²) in [6, 6.07) is 17.7. The lowest BCUT2D eigenvalue weighted by atomic mass is 9.96. The third kappa shape index (κ3) is 30.8. The number of allylic oxidation sites excluding steroid dienone is 1. The molecule has 1 fully saturated rings. The number of hydrogen-bond acceptors (Lipinski definition) is 17. The van der Waals surface area contributed by atoms with Crippen molar-refractivity contribution in [3.05, 3.63) is 112 Å². The van der Waals surface area contributed by atoms with E-state index in [2.05, 4.69) is 27.2 Å². The predicted molar refractivity (Wildman–Crippen MR) is 339 cm³/mol. The van der Waals surface area contributed by atoms with E-state index in [-0.39, 0.29) is 54.3 Å². The maximum absolute atomic E-state index is 13.8. The minimum Gasteiger partial charge on any atom is -0.382 e. The Labute approximate surface area is 529 Å². The fourth-order valence-corrected chi connectivity index (χ4v) is 9.31. The van der Waals surface area contributed by atoms with Crippen molar-refractivity contribution in [1.82, 2.24) is 15.1 Å². The number of likely N-dealkylation sites (tertiary alicyclic amines) is 1. The van der Waals surface area contributed by atoms with Crippen LogP contribution in [0.15, 0.2) is 89.4 Å². The fourth-order valence-electron chi connectivity index (χ4n) is 9.31. The van der Waals surface area contributed by atoms with Gasteiger partial charge < -0.3 is 77.4 Å². The summed E-state index contributed by atoms with van der Waals surface area (Å²) in [6.07, 6.45) is 1.68. The summed E-state index contributed by atoms with van der Waals surface area (Å²) in [7, 11) is 3.39. The standard InChI is InChI=1S/C66H97F3N6O15/c1-7-54(63(77)71-50-53-15-11-19-57(47-53)66(67,68)69)48-61(70-4)59-49-58(74(8-2)9-3)20-21-60(59)72-64(78)55-17-10-14-52(46-55)16-13-25-81-30-33-85-38-39-86-34-31-82-26-22-62(76)75-23-12-18-56(51-75)65(79)73(5)24-27-83-32-35-87-40-41-89-44-45-90-43-42-88-37-36-84-29-28-80-6/h7,10-11,14-15,17,19-21,46-49,56H,4,8-9,12-13,16,18,22-45,50-51H2,1-3,5-6H3,(H,71,77)(H,72,78)/b54-7+,61-48-. The number of aryl methyl sites for hydroxylation is 1. The van der Waals surface area contributed by atoms with Crippen LogP contribution in [0.3, 0.4) is 0 Å². The molecule has 1 unspecified atom stereocenters. The second-order valence-corrected chi connectivity index (χ2v) is 20.8. The molecule has 0 radical (unpaired) electrons. The van der Waals surface area contributed by atoms with E-state index >= 15 is 0 Å². The molecule has 1 aliphatic heterocycles. The van der Waals surface area contributed by atoms with Gasteiger partial charge in [0.2, 0.25) is 11.8 Å². The van der Waals surface area contributed by atoms with Crippen molar-refractivity contribution >= 4 is 47.4 Å². The van der Waals surface area contributed by atoms with Crippen molar-refractivity contribution in [3.63, 3.8) is 0 Å². The van der Waals surface area contributed by atoms with Crippen LogP contribution in [0.1, 0.15) is 79.1 Å². The van der Waals surface area contributed by atoms with Crippen molar-refractivity contribution in [2.75, 3.05) is 196 Å². The summed E-state index contributed by atoms with van der Waals surface area (Å²) in [5, 5.41) is 5.72. The number of ether oxygens (including phenoxy) is 11. The Morgan fingerprint density at radius 3 is 1.79 bits per heavy atom. The number of hydrogen-bond donors (Lipinski definition) is 2. The minimum absolute atomic E-state index is 0.00475. The number of amides is 4. The Hall–Kier alpha value is -6.16. The normalized spacial score (nSPS) is 13.8. The first-order valence-electron chi connectivity index (χ1n) is 31.1. The molecule has 1 atom stereocenters. The Bertz CT molecular complexity index is 2610. The van der Waals surface area contributed by atoms with Gasteiger partial charge in [-0.3, -0.25) is 24.2 Å². The van der Waals surface area contributed by atoms with Gasteiger partial charge in [-0.1, -0.05) is 30.3 Å². The molecule has 0 aliphatic carbocycles. The summed E-state index contributed by atoms with van der Waals surface area (Å²) in [4.78, 5) is 63.2. The van der Waals surface area contributed by atoms with Gasteiger partial charge >= 0.3 is 6.18 Å². The second kappa shape index (κ2) is 46.0. The maximum atomic E-state index is 13.8. The van der Waals surface area contributed by atoms with Crippen molar-refractivity contribution in [2.24, 2.45) is 10.9 Å². The molecule has 0 spiro atoms. The molecule has 0 aromatic heterocycles. The van der Waals surface area contributed by atoms with Crippen LogP contribution in [0.25, 0.3) is 5.70 Å². The number of alkyl halides is 3. The molecule has 1 aliphatic rings. The Balaban J connectivity index is 1.03. The van der Waals surface area contributed by atoms with E-state index in [1.165, 1.54) is 18.2 Å². The van der Waals surface area contributed by atoms with Gasteiger partial charge in [-0.05, 0) is 113 Å². The zero-order valence-corrected chi connectivity index (χ0v) is 53.5. The number of nitrogens with zero attached hydrogens (tertiary/aromatic N) is 4. The third-order valence-corrected chi connectivity index (χ3v) is 14.3. The molecule has 0 saturated carbocycles. The summed E-state index contributed by atoms with van der Waals surface area (Å²) >= 11 is 0. The zero-order valence-electron chi connectivity index (χ0n) is 53.5. The Morgan fingerprint density at radius 2 is 1.23 bits per heavy atom. The van der Waals surface area contributed by atoms with Gasteiger partial charge in [0.15, 0.2) is 0 Å². The third-order valence-electron chi connectivity index (χ3n) is 14.3. The van der Waals surface area contributed by atoms with Crippen molar-refractivity contribution < 1.29 is 84.5 Å². The molecule has 1 saturated heterocycles. The van der Waals surface area contributed by atoms with Crippen LogP contribution >= 0.6 is 0 Å². The number of piperidine rings is 1. The summed E-state index contributed by atoms with van der Waals surface area (Å²) in [5.41, 5.74) is 3.19. The SMILES string of the molecule is C=N/C(=C\C(=C/C)C(=O)NCc1cccc(C(F)(F)F)c1)c1cc(N(CC)CC)ccc1NC(=O)c1cccc(CCCOCCOCCOCCOCCC(=O)N2CCCC(C(=O)N(C)CCOCCOCCOCCOCCOCCOCCOC)C2)c1. The van der Waals surface area contributed by atoms with Gasteiger partial charge in [0.1, 0.15) is 0 Å². The van der Waals surface area contributed by atoms with Gasteiger partial charge in [0.05, 0.1) is 161 Å². The van der Waals surface area contributed by atoms with Crippen LogP contribution in [0.4, 0.5) is 24.5 Å². The van der Waals surface area contributed by atoms with Crippen molar-refractivity contribution in [2.45, 2.75) is 65.6 Å². The first-order valence-corrected chi connectivity index (χ1v) is 31.1. The summed E-state index contributed by atoms with van der Waals surface area (Å²) in [6.45, 7) is 21.4. The van der Waals surface area contributed by atoms with E-state index in [0.717, 1.165) is 36.2 Å². The topological polar surface area (TPSA) is 216 Å². The molecular weight excluding hydrogens is 1170 g/mol. The van der Waals surface area contributed by atoms with Crippen LogP contribution in [0.5, 0.6) is 0 Å². The molecule has 502 valence electrons. The van der Waals surface area contributed by atoms with E-state index in [0.29, 0.717) is 200 Å². The average molecular weight is 1270 g/mol. The molecule has 2 N–H and O–H groups in total. The maximum Gasteiger partial charge on any atom is 0.416 e. The molecule has 3 aromatic carbocycles. The number of anilines is 2. The zero-order chi connectivity index (χ0) is 65.0. The van der Waals surface area contributed by atoms with E-state index in [1.54, 1.807) is 49.1 Å². The predicted octanol–water partition coefficient (Wildman–Crippen LogP) is 7.94. The smallest absolute Gasteiger partial charge is 0.382 e.